The van der Waals surface area contributed by atoms with Crippen LogP contribution in [-0.2, 0) is 20.0 Å². The summed E-state index contributed by atoms with van der Waals surface area (Å²) in [6.45, 7) is 0.990. The molecular formula is C13H18N6O. The van der Waals surface area contributed by atoms with Gasteiger partial charge in [-0.3, -0.25) is 0 Å². The highest BCUT2D eigenvalue weighted by Gasteiger charge is 2.03. The Bertz CT molecular complexity index is 562. The van der Waals surface area contributed by atoms with Crippen molar-refractivity contribution in [1.29, 1.82) is 0 Å². The summed E-state index contributed by atoms with van der Waals surface area (Å²) >= 11 is 0. The third-order valence-electron chi connectivity index (χ3n) is 2.89. The van der Waals surface area contributed by atoms with Crippen LogP contribution in [0.2, 0.25) is 0 Å². The molecule has 0 atom stereocenters. The van der Waals surface area contributed by atoms with Gasteiger partial charge in [0.2, 0.25) is 0 Å². The Labute approximate surface area is 117 Å². The minimum atomic E-state index is -0.243. The largest absolute Gasteiger partial charge is 0.337 e. The van der Waals surface area contributed by atoms with Gasteiger partial charge in [0.25, 0.3) is 0 Å². The number of aryl methyl sites for hydroxylation is 1. The number of nitrogens with zero attached hydrogens (tertiary/aromatic N) is 3. The molecule has 0 fully saturated rings. The summed E-state index contributed by atoms with van der Waals surface area (Å²) in [4.78, 5) is 11.7. The fourth-order valence-electron chi connectivity index (χ4n) is 1.72. The normalized spacial score (nSPS) is 10.3. The number of nitrogens with two attached hydrogens (primary N) is 1. The molecule has 0 radical (unpaired) electrons. The molecule has 0 saturated heterocycles. The zero-order chi connectivity index (χ0) is 14.4. The lowest BCUT2D eigenvalue weighted by atomic mass is 10.2. The second-order valence-corrected chi connectivity index (χ2v) is 4.39. The van der Waals surface area contributed by atoms with Gasteiger partial charge in [-0.1, -0.05) is 12.1 Å². The molecule has 1 aromatic carbocycles. The van der Waals surface area contributed by atoms with Crippen LogP contribution in [0, 0.1) is 0 Å². The lowest BCUT2D eigenvalue weighted by molar-refractivity contribution is 0.252. The average molecular weight is 274 g/mol. The number of benzene rings is 1. The van der Waals surface area contributed by atoms with Gasteiger partial charge in [-0.2, -0.15) is 0 Å². The fourth-order valence-corrected chi connectivity index (χ4v) is 1.72. The Morgan fingerprint density at radius 3 is 2.70 bits per heavy atom. The van der Waals surface area contributed by atoms with Crippen LogP contribution >= 0.6 is 0 Å². The molecule has 20 heavy (non-hydrogen) atoms. The van der Waals surface area contributed by atoms with Crippen LogP contribution in [-0.4, -0.2) is 27.3 Å². The highest BCUT2D eigenvalue weighted by atomic mass is 16.2. The highest BCUT2D eigenvalue weighted by Crippen LogP contribution is 2.08. The number of carbonyl (C=O) groups is 1. The molecule has 0 saturated carbocycles. The molecule has 0 aliphatic heterocycles. The monoisotopic (exact) mass is 274 g/mol. The van der Waals surface area contributed by atoms with E-state index in [1.807, 2.05) is 35.9 Å². The van der Waals surface area contributed by atoms with Crippen LogP contribution in [0.1, 0.15) is 11.4 Å². The lowest BCUT2D eigenvalue weighted by Gasteiger charge is -2.08. The SMILES string of the molecule is Cn1cnnc1CCNC(=O)Nc1ccc(CN)cc1. The topological polar surface area (TPSA) is 97.9 Å². The maximum Gasteiger partial charge on any atom is 0.319 e. The van der Waals surface area contributed by atoms with Crippen molar-refractivity contribution in [2.24, 2.45) is 12.8 Å². The first-order valence-electron chi connectivity index (χ1n) is 6.36. The fraction of sp³-hybridized carbons (Fsp3) is 0.308. The van der Waals surface area contributed by atoms with Gasteiger partial charge in [0.15, 0.2) is 0 Å². The van der Waals surface area contributed by atoms with Crippen molar-refractivity contribution in [2.75, 3.05) is 11.9 Å². The van der Waals surface area contributed by atoms with Gasteiger partial charge in [-0.15, -0.1) is 10.2 Å². The molecule has 7 heteroatoms. The number of aromatic nitrogens is 3. The molecule has 0 unspecified atom stereocenters. The van der Waals surface area contributed by atoms with E-state index >= 15 is 0 Å². The molecule has 1 heterocycles. The molecule has 0 aliphatic rings. The van der Waals surface area contributed by atoms with Crippen LogP contribution in [0.3, 0.4) is 0 Å². The van der Waals surface area contributed by atoms with Crippen molar-refractivity contribution in [3.8, 4) is 0 Å². The van der Waals surface area contributed by atoms with Gasteiger partial charge in [0, 0.05) is 32.2 Å². The van der Waals surface area contributed by atoms with E-state index in [0.29, 0.717) is 19.5 Å². The van der Waals surface area contributed by atoms with Crippen molar-refractivity contribution in [2.45, 2.75) is 13.0 Å². The number of rotatable bonds is 5. The van der Waals surface area contributed by atoms with Crippen molar-refractivity contribution in [3.05, 3.63) is 42.0 Å². The van der Waals surface area contributed by atoms with Crippen LogP contribution < -0.4 is 16.4 Å². The number of anilines is 1. The Balaban J connectivity index is 1.76. The zero-order valence-corrected chi connectivity index (χ0v) is 11.3. The Hall–Kier alpha value is -2.41. The Morgan fingerprint density at radius 2 is 2.10 bits per heavy atom. The predicted molar refractivity (Wildman–Crippen MR) is 76.1 cm³/mol. The summed E-state index contributed by atoms with van der Waals surface area (Å²) in [6, 6.07) is 7.17. The van der Waals surface area contributed by atoms with Crippen molar-refractivity contribution >= 4 is 11.7 Å². The molecule has 0 aliphatic carbocycles. The second kappa shape index (κ2) is 6.67. The van der Waals surface area contributed by atoms with Crippen LogP contribution in [0.25, 0.3) is 0 Å². The molecule has 2 rings (SSSR count). The third kappa shape index (κ3) is 3.79. The Kier molecular flexibility index (Phi) is 4.67. The predicted octanol–water partition coefficient (Wildman–Crippen LogP) is 0.638. The maximum atomic E-state index is 11.7. The minimum Gasteiger partial charge on any atom is -0.337 e. The maximum absolute atomic E-state index is 11.7. The van der Waals surface area contributed by atoms with E-state index in [9.17, 15) is 4.79 Å². The summed E-state index contributed by atoms with van der Waals surface area (Å²) in [6.07, 6.45) is 2.27. The zero-order valence-electron chi connectivity index (χ0n) is 11.3. The molecule has 2 amide bonds. The molecule has 0 bridgehead atoms. The summed E-state index contributed by atoms with van der Waals surface area (Å²) in [5, 5.41) is 13.2. The van der Waals surface area contributed by atoms with E-state index in [-0.39, 0.29) is 6.03 Å². The summed E-state index contributed by atoms with van der Waals surface area (Å²) < 4.78 is 1.82. The van der Waals surface area contributed by atoms with Crippen LogP contribution in [0.4, 0.5) is 10.5 Å². The van der Waals surface area contributed by atoms with Gasteiger partial charge in [0.05, 0.1) is 0 Å². The quantitative estimate of drug-likeness (QED) is 0.745. The van der Waals surface area contributed by atoms with Gasteiger partial charge in [0.1, 0.15) is 12.2 Å². The van der Waals surface area contributed by atoms with E-state index in [0.717, 1.165) is 17.1 Å². The van der Waals surface area contributed by atoms with E-state index in [4.69, 9.17) is 5.73 Å². The van der Waals surface area contributed by atoms with Gasteiger partial charge >= 0.3 is 6.03 Å². The smallest absolute Gasteiger partial charge is 0.319 e. The molecule has 2 aromatic rings. The van der Waals surface area contributed by atoms with E-state index in [1.165, 1.54) is 0 Å². The molecule has 0 spiro atoms. The summed E-state index contributed by atoms with van der Waals surface area (Å²) in [5.74, 6) is 0.831. The molecule has 7 nitrogen and oxygen atoms in total. The second-order valence-electron chi connectivity index (χ2n) is 4.39. The Morgan fingerprint density at radius 1 is 1.35 bits per heavy atom. The van der Waals surface area contributed by atoms with E-state index in [1.54, 1.807) is 6.33 Å². The first kappa shape index (κ1) is 14.0. The number of amides is 2. The summed E-state index contributed by atoms with van der Waals surface area (Å²) in [7, 11) is 1.87. The lowest BCUT2D eigenvalue weighted by Crippen LogP contribution is -2.30. The number of carbonyl (C=O) groups excluding carboxylic acids is 1. The standard InChI is InChI=1S/C13H18N6O/c1-19-9-16-18-12(19)6-7-15-13(20)17-11-4-2-10(8-14)3-5-11/h2-5,9H,6-8,14H2,1H3,(H2,15,17,20). The first-order chi connectivity index (χ1) is 9.69. The minimum absolute atomic E-state index is 0.243. The third-order valence-corrected chi connectivity index (χ3v) is 2.89. The van der Waals surface area contributed by atoms with E-state index in [2.05, 4.69) is 20.8 Å². The van der Waals surface area contributed by atoms with Crippen molar-refractivity contribution in [3.63, 3.8) is 0 Å². The van der Waals surface area contributed by atoms with Crippen molar-refractivity contribution in [1.82, 2.24) is 20.1 Å². The molecule has 4 N–H and O–H groups in total. The van der Waals surface area contributed by atoms with Crippen LogP contribution in [0.15, 0.2) is 30.6 Å². The number of hydrogen-bond acceptors (Lipinski definition) is 4. The van der Waals surface area contributed by atoms with Gasteiger partial charge in [-0.25, -0.2) is 4.79 Å². The first-order valence-corrected chi connectivity index (χ1v) is 6.36. The number of urea groups is 1. The molecule has 106 valence electrons. The van der Waals surface area contributed by atoms with Crippen molar-refractivity contribution < 1.29 is 4.79 Å². The molecule has 1 aromatic heterocycles. The number of hydrogen-bond donors (Lipinski definition) is 3. The molecular weight excluding hydrogens is 256 g/mol. The average Bonchev–Trinajstić information content (AvgIpc) is 2.85. The van der Waals surface area contributed by atoms with Gasteiger partial charge < -0.3 is 20.9 Å². The highest BCUT2D eigenvalue weighted by molar-refractivity contribution is 5.89. The number of nitrogens with one attached hydrogen (secondary N) is 2. The van der Waals surface area contributed by atoms with E-state index < -0.39 is 0 Å². The summed E-state index contributed by atoms with van der Waals surface area (Å²) in [5.41, 5.74) is 7.27. The van der Waals surface area contributed by atoms with Gasteiger partial charge in [-0.05, 0) is 17.7 Å². The van der Waals surface area contributed by atoms with Crippen LogP contribution in [0.5, 0.6) is 0 Å².